The van der Waals surface area contributed by atoms with E-state index in [2.05, 4.69) is 11.7 Å². The Bertz CT molecular complexity index is 599. The molecule has 100 valence electrons. The van der Waals surface area contributed by atoms with E-state index in [-0.39, 0.29) is 11.9 Å². The molecule has 4 heteroatoms. The Morgan fingerprint density at radius 1 is 1.53 bits per heavy atom. The van der Waals surface area contributed by atoms with Crippen molar-refractivity contribution in [2.75, 3.05) is 0 Å². The van der Waals surface area contributed by atoms with Crippen molar-refractivity contribution in [2.24, 2.45) is 12.8 Å². The molecule has 2 N–H and O–H groups in total. The summed E-state index contributed by atoms with van der Waals surface area (Å²) < 4.78 is 15.8. The fourth-order valence-corrected chi connectivity index (χ4v) is 2.14. The summed E-state index contributed by atoms with van der Waals surface area (Å²) in [6, 6.07) is 3.03. The molecule has 1 heterocycles. The molecule has 0 amide bonds. The molecule has 19 heavy (non-hydrogen) atoms. The average Bonchev–Trinajstić information content (AvgIpc) is 2.77. The van der Waals surface area contributed by atoms with Crippen LogP contribution in [0.25, 0.3) is 11.1 Å². The van der Waals surface area contributed by atoms with Crippen LogP contribution >= 0.6 is 0 Å². The predicted octanol–water partition coefficient (Wildman–Crippen LogP) is 2.97. The van der Waals surface area contributed by atoms with Crippen LogP contribution in [-0.4, -0.2) is 9.78 Å². The lowest BCUT2D eigenvalue weighted by atomic mass is 9.95. The van der Waals surface area contributed by atoms with Gasteiger partial charge in [0, 0.05) is 30.4 Å². The second kappa shape index (κ2) is 5.36. The van der Waals surface area contributed by atoms with Crippen molar-refractivity contribution in [1.29, 1.82) is 0 Å². The first-order valence-corrected chi connectivity index (χ1v) is 6.20. The highest BCUT2D eigenvalue weighted by Gasteiger charge is 2.14. The van der Waals surface area contributed by atoms with Gasteiger partial charge in [0.2, 0.25) is 0 Å². The molecule has 1 aromatic carbocycles. The molecule has 2 rings (SSSR count). The highest BCUT2D eigenvalue weighted by Crippen LogP contribution is 2.29. The molecule has 0 bridgehead atoms. The van der Waals surface area contributed by atoms with E-state index in [1.807, 2.05) is 19.3 Å². The van der Waals surface area contributed by atoms with Crippen LogP contribution in [0, 0.1) is 5.82 Å². The van der Waals surface area contributed by atoms with Gasteiger partial charge in [0.15, 0.2) is 0 Å². The summed E-state index contributed by atoms with van der Waals surface area (Å²) in [4.78, 5) is 0. The van der Waals surface area contributed by atoms with Gasteiger partial charge in [-0.15, -0.1) is 6.58 Å². The van der Waals surface area contributed by atoms with E-state index in [1.54, 1.807) is 23.9 Å². The maximum absolute atomic E-state index is 14.1. The lowest BCUT2D eigenvalue weighted by Crippen LogP contribution is -2.08. The number of hydrogen-bond donors (Lipinski definition) is 1. The Morgan fingerprint density at radius 3 is 2.79 bits per heavy atom. The predicted molar refractivity (Wildman–Crippen MR) is 75.1 cm³/mol. The topological polar surface area (TPSA) is 43.8 Å². The zero-order chi connectivity index (χ0) is 14.0. The van der Waals surface area contributed by atoms with E-state index in [0.717, 1.165) is 16.7 Å². The third-order valence-electron chi connectivity index (χ3n) is 3.09. The first-order chi connectivity index (χ1) is 9.02. The number of allylic oxidation sites excluding steroid dienone is 1. The van der Waals surface area contributed by atoms with Gasteiger partial charge in [0.1, 0.15) is 5.82 Å². The van der Waals surface area contributed by atoms with Gasteiger partial charge in [-0.1, -0.05) is 12.1 Å². The minimum absolute atomic E-state index is 0.276. The molecule has 3 nitrogen and oxygen atoms in total. The lowest BCUT2D eigenvalue weighted by Gasteiger charge is -2.13. The van der Waals surface area contributed by atoms with Crippen molar-refractivity contribution < 1.29 is 4.39 Å². The molecular formula is C15H18FN3. The van der Waals surface area contributed by atoms with E-state index in [4.69, 9.17) is 5.73 Å². The van der Waals surface area contributed by atoms with Crippen molar-refractivity contribution in [3.63, 3.8) is 0 Å². The van der Waals surface area contributed by atoms with Gasteiger partial charge in [-0.05, 0) is 30.5 Å². The molecule has 1 atom stereocenters. The van der Waals surface area contributed by atoms with Gasteiger partial charge in [-0.3, -0.25) is 4.68 Å². The van der Waals surface area contributed by atoms with Crippen molar-refractivity contribution in [2.45, 2.75) is 19.4 Å². The zero-order valence-electron chi connectivity index (χ0n) is 11.2. The number of nitrogens with zero attached hydrogens (tertiary/aromatic N) is 2. The maximum atomic E-state index is 14.1. The van der Waals surface area contributed by atoms with Crippen molar-refractivity contribution in [1.82, 2.24) is 9.78 Å². The molecule has 0 spiro atoms. The molecule has 2 aromatic rings. The lowest BCUT2D eigenvalue weighted by molar-refractivity contribution is 0.593. The van der Waals surface area contributed by atoms with Crippen molar-refractivity contribution in [3.05, 3.63) is 54.1 Å². The SMILES string of the molecule is C=CCc1cc([C@H](C)N)c(F)cc1-c1cnn(C)c1. The third-order valence-corrected chi connectivity index (χ3v) is 3.09. The summed E-state index contributed by atoms with van der Waals surface area (Å²) in [6.45, 7) is 5.52. The Labute approximate surface area is 112 Å². The summed E-state index contributed by atoms with van der Waals surface area (Å²) in [7, 11) is 1.84. The summed E-state index contributed by atoms with van der Waals surface area (Å²) in [5.41, 5.74) is 9.07. The Hall–Kier alpha value is -1.94. The number of halogens is 1. The minimum Gasteiger partial charge on any atom is -0.324 e. The van der Waals surface area contributed by atoms with E-state index in [9.17, 15) is 4.39 Å². The minimum atomic E-state index is -0.327. The number of hydrogen-bond acceptors (Lipinski definition) is 2. The summed E-state index contributed by atoms with van der Waals surface area (Å²) in [6.07, 6.45) is 6.07. The molecular weight excluding hydrogens is 241 g/mol. The molecule has 1 aromatic heterocycles. The van der Waals surface area contributed by atoms with Gasteiger partial charge in [0.05, 0.1) is 6.20 Å². The molecule has 0 aliphatic rings. The van der Waals surface area contributed by atoms with Crippen LogP contribution in [0.1, 0.15) is 24.1 Å². The van der Waals surface area contributed by atoms with Crippen LogP contribution in [-0.2, 0) is 13.5 Å². The molecule has 0 unspecified atom stereocenters. The highest BCUT2D eigenvalue weighted by molar-refractivity contribution is 5.67. The average molecular weight is 259 g/mol. The van der Waals surface area contributed by atoms with Crippen molar-refractivity contribution >= 4 is 0 Å². The van der Waals surface area contributed by atoms with E-state index < -0.39 is 0 Å². The third kappa shape index (κ3) is 2.74. The summed E-state index contributed by atoms with van der Waals surface area (Å²) in [5.74, 6) is -0.276. The van der Waals surface area contributed by atoms with E-state index in [0.29, 0.717) is 12.0 Å². The number of aryl methyl sites for hydroxylation is 1. The second-order valence-electron chi connectivity index (χ2n) is 4.72. The van der Waals surface area contributed by atoms with Crippen LogP contribution in [0.3, 0.4) is 0 Å². The zero-order valence-corrected chi connectivity index (χ0v) is 11.2. The molecule has 0 aliphatic heterocycles. The number of nitrogens with two attached hydrogens (primary N) is 1. The number of rotatable bonds is 4. The van der Waals surface area contributed by atoms with Gasteiger partial charge in [0.25, 0.3) is 0 Å². The smallest absolute Gasteiger partial charge is 0.128 e. The maximum Gasteiger partial charge on any atom is 0.128 e. The van der Waals surface area contributed by atoms with Gasteiger partial charge < -0.3 is 5.73 Å². The van der Waals surface area contributed by atoms with E-state index >= 15 is 0 Å². The first kappa shape index (κ1) is 13.5. The number of aromatic nitrogens is 2. The van der Waals surface area contributed by atoms with Crippen LogP contribution in [0.2, 0.25) is 0 Å². The van der Waals surface area contributed by atoms with Gasteiger partial charge in [-0.2, -0.15) is 5.10 Å². The van der Waals surface area contributed by atoms with E-state index in [1.165, 1.54) is 6.07 Å². The monoisotopic (exact) mass is 259 g/mol. The quantitative estimate of drug-likeness (QED) is 0.858. The van der Waals surface area contributed by atoms with Crippen LogP contribution in [0.15, 0.2) is 37.2 Å². The van der Waals surface area contributed by atoms with Crippen molar-refractivity contribution in [3.8, 4) is 11.1 Å². The molecule has 0 fully saturated rings. The van der Waals surface area contributed by atoms with Crippen LogP contribution < -0.4 is 5.73 Å². The van der Waals surface area contributed by atoms with Gasteiger partial charge in [-0.25, -0.2) is 4.39 Å². The fraction of sp³-hybridized carbons (Fsp3) is 0.267. The second-order valence-corrected chi connectivity index (χ2v) is 4.72. The Kier molecular flexibility index (Phi) is 3.81. The first-order valence-electron chi connectivity index (χ1n) is 6.20. The summed E-state index contributed by atoms with van der Waals surface area (Å²) in [5, 5.41) is 4.13. The van der Waals surface area contributed by atoms with Gasteiger partial charge >= 0.3 is 0 Å². The molecule has 0 saturated carbocycles. The van der Waals surface area contributed by atoms with Crippen LogP contribution in [0.4, 0.5) is 4.39 Å². The van der Waals surface area contributed by atoms with Crippen LogP contribution in [0.5, 0.6) is 0 Å². The Morgan fingerprint density at radius 2 is 2.26 bits per heavy atom. The summed E-state index contributed by atoms with van der Waals surface area (Å²) >= 11 is 0. The largest absolute Gasteiger partial charge is 0.324 e. The fourth-order valence-electron chi connectivity index (χ4n) is 2.14. The Balaban J connectivity index is 2.59. The molecule has 0 saturated heterocycles. The standard InChI is InChI=1S/C15H18FN3/c1-4-5-11-6-13(10(2)17)15(16)7-14(11)12-8-18-19(3)9-12/h4,6-10H,1,5,17H2,2-3H3/t10-/m0/s1. The normalized spacial score (nSPS) is 12.4. The molecule has 0 radical (unpaired) electrons. The number of benzene rings is 1. The molecule has 0 aliphatic carbocycles. The highest BCUT2D eigenvalue weighted by atomic mass is 19.1.